The first kappa shape index (κ1) is 17.2. The summed E-state index contributed by atoms with van der Waals surface area (Å²) in [5.41, 5.74) is -0.660. The number of Topliss-reactive ketones (excluding diaryl/α,β-unsaturated/α-hetero) is 1. The molecule has 1 atom stereocenters. The van der Waals surface area contributed by atoms with Gasteiger partial charge in [-0.05, 0) is 38.6 Å². The predicted octanol–water partition coefficient (Wildman–Crippen LogP) is 2.90. The Morgan fingerprint density at radius 2 is 1.76 bits per heavy atom. The molecule has 5 heteroatoms. The molecule has 0 bridgehead atoms. The SMILES string of the molecule is CN1CCC[C@](OC(=O)c2ccccc2O)(C(=O)c2ccccc2)C1. The van der Waals surface area contributed by atoms with E-state index in [1.165, 1.54) is 12.1 Å². The number of rotatable bonds is 4. The zero-order chi connectivity index (χ0) is 17.9. The van der Waals surface area contributed by atoms with Gasteiger partial charge in [-0.3, -0.25) is 4.79 Å². The molecule has 1 aliphatic rings. The molecule has 1 heterocycles. The summed E-state index contributed by atoms with van der Waals surface area (Å²) >= 11 is 0. The predicted molar refractivity (Wildman–Crippen MR) is 93.8 cm³/mol. The van der Waals surface area contributed by atoms with Gasteiger partial charge < -0.3 is 14.7 Å². The number of hydrogen-bond acceptors (Lipinski definition) is 5. The van der Waals surface area contributed by atoms with Crippen LogP contribution in [0.25, 0.3) is 0 Å². The van der Waals surface area contributed by atoms with E-state index in [1.54, 1.807) is 36.4 Å². The Balaban J connectivity index is 1.94. The third-order valence-corrected chi connectivity index (χ3v) is 4.51. The maximum atomic E-state index is 13.2. The summed E-state index contributed by atoms with van der Waals surface area (Å²) in [6, 6.07) is 15.1. The molecule has 130 valence electrons. The summed E-state index contributed by atoms with van der Waals surface area (Å²) in [6.45, 7) is 1.18. The number of esters is 1. The molecule has 1 saturated heterocycles. The average molecular weight is 339 g/mol. The van der Waals surface area contributed by atoms with Crippen molar-refractivity contribution in [1.82, 2.24) is 4.90 Å². The number of benzene rings is 2. The summed E-state index contributed by atoms with van der Waals surface area (Å²) in [4.78, 5) is 27.8. The number of para-hydroxylation sites is 1. The number of phenolic OH excluding ortho intramolecular Hbond substituents is 1. The van der Waals surface area contributed by atoms with Crippen LogP contribution in [0.2, 0.25) is 0 Å². The number of hydrogen-bond donors (Lipinski definition) is 1. The van der Waals surface area contributed by atoms with E-state index in [2.05, 4.69) is 0 Å². The first-order valence-corrected chi connectivity index (χ1v) is 8.31. The van der Waals surface area contributed by atoms with Gasteiger partial charge in [-0.1, -0.05) is 42.5 Å². The van der Waals surface area contributed by atoms with Crippen molar-refractivity contribution in [1.29, 1.82) is 0 Å². The quantitative estimate of drug-likeness (QED) is 0.685. The number of phenols is 1. The smallest absolute Gasteiger partial charge is 0.342 e. The molecule has 0 aromatic heterocycles. The van der Waals surface area contributed by atoms with E-state index < -0.39 is 11.6 Å². The minimum absolute atomic E-state index is 0.0657. The Kier molecular flexibility index (Phi) is 4.86. The third kappa shape index (κ3) is 3.56. The van der Waals surface area contributed by atoms with Gasteiger partial charge in [0.25, 0.3) is 0 Å². The molecular formula is C20H21NO4. The number of piperidine rings is 1. The van der Waals surface area contributed by atoms with Crippen molar-refractivity contribution >= 4 is 11.8 Å². The fraction of sp³-hybridized carbons (Fsp3) is 0.300. The van der Waals surface area contributed by atoms with Crippen LogP contribution in [0.3, 0.4) is 0 Å². The number of ketones is 1. The third-order valence-electron chi connectivity index (χ3n) is 4.51. The molecule has 1 fully saturated rings. The van der Waals surface area contributed by atoms with Crippen LogP contribution >= 0.6 is 0 Å². The Labute approximate surface area is 146 Å². The highest BCUT2D eigenvalue weighted by molar-refractivity contribution is 6.05. The van der Waals surface area contributed by atoms with Gasteiger partial charge >= 0.3 is 5.97 Å². The maximum absolute atomic E-state index is 13.2. The van der Waals surface area contributed by atoms with Crippen molar-refractivity contribution < 1.29 is 19.4 Å². The molecule has 0 amide bonds. The Hall–Kier alpha value is -2.66. The second-order valence-electron chi connectivity index (χ2n) is 6.44. The van der Waals surface area contributed by atoms with Gasteiger partial charge in [0.1, 0.15) is 11.3 Å². The van der Waals surface area contributed by atoms with Gasteiger partial charge in [0.2, 0.25) is 5.78 Å². The minimum atomic E-state index is -1.24. The van der Waals surface area contributed by atoms with Gasteiger partial charge in [0.15, 0.2) is 5.60 Å². The van der Waals surface area contributed by atoms with E-state index in [-0.39, 0.29) is 17.1 Å². The van der Waals surface area contributed by atoms with Crippen molar-refractivity contribution in [2.75, 3.05) is 20.1 Å². The topological polar surface area (TPSA) is 66.8 Å². The molecule has 2 aromatic rings. The van der Waals surface area contributed by atoms with E-state index in [0.717, 1.165) is 13.0 Å². The van der Waals surface area contributed by atoms with Gasteiger partial charge in [0.05, 0.1) is 0 Å². The van der Waals surface area contributed by atoms with Crippen LogP contribution in [0.1, 0.15) is 33.6 Å². The number of likely N-dealkylation sites (tertiary alicyclic amines) is 1. The lowest BCUT2D eigenvalue weighted by Gasteiger charge is -2.39. The molecule has 1 aliphatic heterocycles. The van der Waals surface area contributed by atoms with Crippen molar-refractivity contribution in [3.05, 3.63) is 65.7 Å². The van der Waals surface area contributed by atoms with Gasteiger partial charge in [-0.15, -0.1) is 0 Å². The first-order chi connectivity index (χ1) is 12.0. The van der Waals surface area contributed by atoms with Crippen LogP contribution in [0.4, 0.5) is 0 Å². The largest absolute Gasteiger partial charge is 0.507 e. The Bertz CT molecular complexity index is 774. The first-order valence-electron chi connectivity index (χ1n) is 8.31. The number of likely N-dealkylation sites (N-methyl/N-ethyl adjacent to an activating group) is 1. The highest BCUT2D eigenvalue weighted by atomic mass is 16.6. The van der Waals surface area contributed by atoms with E-state index in [0.29, 0.717) is 18.5 Å². The molecule has 3 rings (SSSR count). The van der Waals surface area contributed by atoms with E-state index in [1.807, 2.05) is 18.0 Å². The summed E-state index contributed by atoms with van der Waals surface area (Å²) < 4.78 is 5.74. The second-order valence-corrected chi connectivity index (χ2v) is 6.44. The minimum Gasteiger partial charge on any atom is -0.507 e. The van der Waals surface area contributed by atoms with Crippen LogP contribution in [-0.2, 0) is 4.74 Å². The zero-order valence-corrected chi connectivity index (χ0v) is 14.1. The molecule has 0 radical (unpaired) electrons. The zero-order valence-electron chi connectivity index (χ0n) is 14.1. The average Bonchev–Trinajstić information content (AvgIpc) is 2.62. The maximum Gasteiger partial charge on any atom is 0.342 e. The van der Waals surface area contributed by atoms with Gasteiger partial charge in [0, 0.05) is 12.1 Å². The molecule has 0 saturated carbocycles. The van der Waals surface area contributed by atoms with Crippen molar-refractivity contribution in [3.8, 4) is 5.75 Å². The molecule has 0 spiro atoms. The Morgan fingerprint density at radius 1 is 1.08 bits per heavy atom. The molecule has 0 aliphatic carbocycles. The number of carbonyl (C=O) groups excluding carboxylic acids is 2. The van der Waals surface area contributed by atoms with E-state index in [9.17, 15) is 14.7 Å². The molecule has 25 heavy (non-hydrogen) atoms. The van der Waals surface area contributed by atoms with Crippen molar-refractivity contribution in [2.24, 2.45) is 0 Å². The van der Waals surface area contributed by atoms with E-state index in [4.69, 9.17) is 4.74 Å². The lowest BCUT2D eigenvalue weighted by Crippen LogP contribution is -2.54. The summed E-state index contributed by atoms with van der Waals surface area (Å²) in [7, 11) is 1.90. The number of nitrogens with zero attached hydrogens (tertiary/aromatic N) is 1. The standard InChI is InChI=1S/C20H21NO4/c1-21-13-7-12-20(14-21,18(23)15-8-3-2-4-9-15)25-19(24)16-10-5-6-11-17(16)22/h2-6,8-11,22H,7,12-14H2,1H3/t20-/m1/s1. The molecule has 0 unspecified atom stereocenters. The number of ether oxygens (including phenoxy) is 1. The summed E-state index contributed by atoms with van der Waals surface area (Å²) in [6.07, 6.45) is 1.22. The molecule has 5 nitrogen and oxygen atoms in total. The fourth-order valence-corrected chi connectivity index (χ4v) is 3.27. The van der Waals surface area contributed by atoms with Crippen LogP contribution in [0.15, 0.2) is 54.6 Å². The highest BCUT2D eigenvalue weighted by Crippen LogP contribution is 2.31. The lowest BCUT2D eigenvalue weighted by atomic mass is 9.85. The van der Waals surface area contributed by atoms with Crippen molar-refractivity contribution in [3.63, 3.8) is 0 Å². The van der Waals surface area contributed by atoms with E-state index >= 15 is 0 Å². The fourth-order valence-electron chi connectivity index (χ4n) is 3.27. The molecular weight excluding hydrogens is 318 g/mol. The van der Waals surface area contributed by atoms with Gasteiger partial charge in [-0.2, -0.15) is 0 Å². The second kappa shape index (κ2) is 7.07. The van der Waals surface area contributed by atoms with Crippen LogP contribution in [-0.4, -0.2) is 47.5 Å². The number of carbonyl (C=O) groups is 2. The monoisotopic (exact) mass is 339 g/mol. The summed E-state index contributed by atoms with van der Waals surface area (Å²) in [5.74, 6) is -1.04. The van der Waals surface area contributed by atoms with Crippen molar-refractivity contribution in [2.45, 2.75) is 18.4 Å². The molecule has 2 aromatic carbocycles. The van der Waals surface area contributed by atoms with Crippen LogP contribution in [0.5, 0.6) is 5.75 Å². The van der Waals surface area contributed by atoms with Crippen LogP contribution in [0, 0.1) is 0 Å². The normalized spacial score (nSPS) is 20.8. The van der Waals surface area contributed by atoms with Gasteiger partial charge in [-0.25, -0.2) is 4.79 Å². The highest BCUT2D eigenvalue weighted by Gasteiger charge is 2.45. The molecule has 1 N–H and O–H groups in total. The van der Waals surface area contributed by atoms with Crippen LogP contribution < -0.4 is 0 Å². The Morgan fingerprint density at radius 3 is 2.44 bits per heavy atom. The lowest BCUT2D eigenvalue weighted by molar-refractivity contribution is -0.0366. The summed E-state index contributed by atoms with van der Waals surface area (Å²) in [5, 5.41) is 9.91. The number of aromatic hydroxyl groups is 1.